The van der Waals surface area contributed by atoms with Crippen LogP contribution in [0.15, 0.2) is 18.2 Å². The molecular formula is C25H36O4. The first kappa shape index (κ1) is 20.7. The van der Waals surface area contributed by atoms with Gasteiger partial charge in [-0.1, -0.05) is 46.1 Å². The second-order valence-corrected chi connectivity index (χ2v) is 10.9. The quantitative estimate of drug-likeness (QED) is 0.673. The Morgan fingerprint density at radius 1 is 1.14 bits per heavy atom. The van der Waals surface area contributed by atoms with Crippen LogP contribution in [-0.4, -0.2) is 22.8 Å². The van der Waals surface area contributed by atoms with E-state index in [0.29, 0.717) is 12.3 Å². The number of aliphatic carboxylic acids is 1. The molecular weight excluding hydrogens is 364 g/mol. The fraction of sp³-hybridized carbons (Fsp3) is 0.720. The van der Waals surface area contributed by atoms with Gasteiger partial charge in [0.25, 0.3) is 0 Å². The van der Waals surface area contributed by atoms with Gasteiger partial charge in [-0.05, 0) is 62.1 Å². The molecule has 4 nitrogen and oxygen atoms in total. The molecule has 2 fully saturated rings. The van der Waals surface area contributed by atoms with Crippen LogP contribution in [-0.2, 0) is 14.9 Å². The number of rotatable bonds is 2. The smallest absolute Gasteiger partial charge is 0.309 e. The molecule has 29 heavy (non-hydrogen) atoms. The van der Waals surface area contributed by atoms with Crippen molar-refractivity contribution in [2.24, 2.45) is 17.8 Å². The van der Waals surface area contributed by atoms with Gasteiger partial charge in [0.1, 0.15) is 11.4 Å². The van der Waals surface area contributed by atoms with Crippen LogP contribution in [0.2, 0.25) is 0 Å². The predicted molar refractivity (Wildman–Crippen MR) is 113 cm³/mol. The monoisotopic (exact) mass is 400 g/mol. The molecule has 0 aromatic heterocycles. The van der Waals surface area contributed by atoms with E-state index >= 15 is 0 Å². The van der Waals surface area contributed by atoms with E-state index in [1.54, 1.807) is 0 Å². The van der Waals surface area contributed by atoms with Gasteiger partial charge in [-0.25, -0.2) is 0 Å². The van der Waals surface area contributed by atoms with Crippen LogP contribution in [0.25, 0.3) is 0 Å². The molecule has 3 aliphatic rings. The van der Waals surface area contributed by atoms with Crippen molar-refractivity contribution < 1.29 is 19.4 Å². The highest BCUT2D eigenvalue weighted by atomic mass is 16.5. The molecule has 1 aliphatic carbocycles. The molecule has 1 saturated carbocycles. The molecule has 1 aromatic rings. The van der Waals surface area contributed by atoms with Crippen LogP contribution < -0.4 is 4.74 Å². The molecule has 1 saturated heterocycles. The van der Waals surface area contributed by atoms with E-state index < -0.39 is 17.5 Å². The third kappa shape index (κ3) is 3.81. The van der Waals surface area contributed by atoms with E-state index in [2.05, 4.69) is 52.8 Å². The standard InChI is InChI=1S/C25H36O4/c1-24(2,3)16-11-12-20-17(13-16)22-19(25(4,5)29-20)14-18(23(26)27)21(28-22)15-9-7-6-8-10-15/h11-13,15,18-19,21-22H,6-10,14H2,1-5H3,(H,26,27)/t18-,19-,21-,22+/m0/s1. The van der Waals surface area contributed by atoms with Crippen LogP contribution >= 0.6 is 0 Å². The molecule has 4 heteroatoms. The zero-order valence-electron chi connectivity index (χ0n) is 18.5. The van der Waals surface area contributed by atoms with Crippen molar-refractivity contribution in [2.75, 3.05) is 0 Å². The van der Waals surface area contributed by atoms with E-state index in [-0.39, 0.29) is 23.5 Å². The highest BCUT2D eigenvalue weighted by Crippen LogP contribution is 2.54. The number of carboxylic acid groups (broad SMARTS) is 1. The van der Waals surface area contributed by atoms with E-state index in [0.717, 1.165) is 24.2 Å². The topological polar surface area (TPSA) is 55.8 Å². The summed E-state index contributed by atoms with van der Waals surface area (Å²) in [6.07, 6.45) is 6.11. The summed E-state index contributed by atoms with van der Waals surface area (Å²) in [7, 11) is 0. The number of ether oxygens (including phenoxy) is 2. The SMILES string of the molecule is CC(C)(C)c1ccc2c(c1)[C@H]1O[C@@H](C3CCCCC3)[C@@H](C(=O)O)C[C@@H]1C(C)(C)O2. The molecule has 1 N–H and O–H groups in total. The number of fused-ring (bicyclic) bond motifs is 3. The molecule has 1 aromatic carbocycles. The highest BCUT2D eigenvalue weighted by molar-refractivity contribution is 5.71. The maximum Gasteiger partial charge on any atom is 0.309 e. The average molecular weight is 401 g/mol. The van der Waals surface area contributed by atoms with E-state index in [1.165, 1.54) is 24.8 Å². The normalized spacial score (nSPS) is 32.0. The van der Waals surface area contributed by atoms with Gasteiger partial charge in [0.15, 0.2) is 0 Å². The van der Waals surface area contributed by atoms with Crippen LogP contribution in [0.3, 0.4) is 0 Å². The maximum atomic E-state index is 12.2. The lowest BCUT2D eigenvalue weighted by molar-refractivity contribution is -0.200. The fourth-order valence-corrected chi connectivity index (χ4v) is 5.66. The minimum atomic E-state index is -0.718. The van der Waals surface area contributed by atoms with Gasteiger partial charge >= 0.3 is 5.97 Å². The largest absolute Gasteiger partial charge is 0.487 e. The molecule has 4 atom stereocenters. The summed E-state index contributed by atoms with van der Waals surface area (Å²) in [5.41, 5.74) is 1.95. The molecule has 2 heterocycles. The lowest BCUT2D eigenvalue weighted by Gasteiger charge is -2.52. The van der Waals surface area contributed by atoms with Crippen molar-refractivity contribution >= 4 is 5.97 Å². The van der Waals surface area contributed by atoms with Crippen molar-refractivity contribution in [3.63, 3.8) is 0 Å². The van der Waals surface area contributed by atoms with Gasteiger partial charge in [-0.2, -0.15) is 0 Å². The van der Waals surface area contributed by atoms with Crippen LogP contribution in [0, 0.1) is 17.8 Å². The number of carbonyl (C=O) groups is 1. The van der Waals surface area contributed by atoms with Crippen molar-refractivity contribution in [1.29, 1.82) is 0 Å². The molecule has 0 amide bonds. The molecule has 4 rings (SSSR count). The zero-order valence-corrected chi connectivity index (χ0v) is 18.5. The minimum Gasteiger partial charge on any atom is -0.487 e. The fourth-order valence-electron chi connectivity index (χ4n) is 5.66. The zero-order chi connectivity index (χ0) is 21.0. The Balaban J connectivity index is 1.74. The first-order valence-corrected chi connectivity index (χ1v) is 11.3. The van der Waals surface area contributed by atoms with Crippen LogP contribution in [0.1, 0.15) is 90.4 Å². The molecule has 0 unspecified atom stereocenters. The van der Waals surface area contributed by atoms with Gasteiger partial charge in [-0.15, -0.1) is 0 Å². The van der Waals surface area contributed by atoms with E-state index in [1.807, 2.05) is 0 Å². The number of benzene rings is 1. The summed E-state index contributed by atoms with van der Waals surface area (Å²) >= 11 is 0. The average Bonchev–Trinajstić information content (AvgIpc) is 2.66. The lowest BCUT2D eigenvalue weighted by atomic mass is 9.68. The van der Waals surface area contributed by atoms with Crippen molar-refractivity contribution in [1.82, 2.24) is 0 Å². The second kappa shape index (κ2) is 7.30. The minimum absolute atomic E-state index is 0.0335. The maximum absolute atomic E-state index is 12.2. The second-order valence-electron chi connectivity index (χ2n) is 10.9. The van der Waals surface area contributed by atoms with Gasteiger partial charge in [0.05, 0.1) is 18.1 Å². The van der Waals surface area contributed by atoms with Crippen LogP contribution in [0.4, 0.5) is 0 Å². The molecule has 2 aliphatic heterocycles. The summed E-state index contributed by atoms with van der Waals surface area (Å²) in [6, 6.07) is 6.47. The Bertz CT molecular complexity index is 770. The van der Waals surface area contributed by atoms with Crippen molar-refractivity contribution in [3.8, 4) is 5.75 Å². The summed E-state index contributed by atoms with van der Waals surface area (Å²) in [6.45, 7) is 10.8. The van der Waals surface area contributed by atoms with Gasteiger partial charge in [0, 0.05) is 11.5 Å². The van der Waals surface area contributed by atoms with E-state index in [4.69, 9.17) is 9.47 Å². The Morgan fingerprint density at radius 3 is 2.45 bits per heavy atom. The Hall–Kier alpha value is -1.55. The Morgan fingerprint density at radius 2 is 1.83 bits per heavy atom. The summed E-state index contributed by atoms with van der Waals surface area (Å²) < 4.78 is 13.2. The van der Waals surface area contributed by atoms with Gasteiger partial charge in [-0.3, -0.25) is 4.79 Å². The third-order valence-corrected chi connectivity index (χ3v) is 7.45. The number of carboxylic acids is 1. The molecule has 0 bridgehead atoms. The van der Waals surface area contributed by atoms with Crippen LogP contribution in [0.5, 0.6) is 5.75 Å². The Kier molecular flexibility index (Phi) is 5.21. The van der Waals surface area contributed by atoms with Crippen molar-refractivity contribution in [2.45, 2.75) is 96.4 Å². The summed E-state index contributed by atoms with van der Waals surface area (Å²) in [4.78, 5) is 12.2. The third-order valence-electron chi connectivity index (χ3n) is 7.45. The summed E-state index contributed by atoms with van der Waals surface area (Å²) in [5.74, 6) is 0.108. The predicted octanol–water partition coefficient (Wildman–Crippen LogP) is 5.88. The first-order valence-electron chi connectivity index (χ1n) is 11.3. The molecule has 160 valence electrons. The van der Waals surface area contributed by atoms with Gasteiger partial charge in [0.2, 0.25) is 0 Å². The number of hydrogen-bond acceptors (Lipinski definition) is 3. The molecule has 0 radical (unpaired) electrons. The Labute approximate surface area is 175 Å². The highest BCUT2D eigenvalue weighted by Gasteiger charge is 2.53. The first-order chi connectivity index (χ1) is 13.6. The summed E-state index contributed by atoms with van der Waals surface area (Å²) in [5, 5.41) is 10.0. The van der Waals surface area contributed by atoms with Crippen molar-refractivity contribution in [3.05, 3.63) is 29.3 Å². The van der Waals surface area contributed by atoms with Gasteiger partial charge < -0.3 is 14.6 Å². The van der Waals surface area contributed by atoms with E-state index in [9.17, 15) is 9.90 Å². The molecule has 0 spiro atoms. The lowest BCUT2D eigenvalue weighted by Crippen LogP contribution is -2.54. The number of hydrogen-bond donors (Lipinski definition) is 1.